The summed E-state index contributed by atoms with van der Waals surface area (Å²) in [4.78, 5) is 24.3. The van der Waals surface area contributed by atoms with Crippen molar-refractivity contribution in [2.45, 2.75) is 38.7 Å². The first kappa shape index (κ1) is 18.7. The van der Waals surface area contributed by atoms with Crippen molar-refractivity contribution in [3.05, 3.63) is 64.2 Å². The first-order valence-corrected chi connectivity index (χ1v) is 9.59. The Morgan fingerprint density at radius 1 is 1.25 bits per heavy atom. The molecular weight excluding hydrogens is 355 g/mol. The minimum absolute atomic E-state index is 0.117. The number of benzene rings is 2. The van der Waals surface area contributed by atoms with Crippen molar-refractivity contribution in [2.24, 2.45) is 0 Å². The number of para-hydroxylation sites is 1. The number of rotatable bonds is 4. The minimum Gasteiger partial charge on any atom is -0.534 e. The summed E-state index contributed by atoms with van der Waals surface area (Å²) in [7, 11) is -1.19. The highest BCUT2D eigenvalue weighted by atomic mass is 16.5. The van der Waals surface area contributed by atoms with E-state index in [0.29, 0.717) is 17.7 Å². The molecule has 144 valence electrons. The maximum Gasteiger partial charge on any atom is 0.547 e. The Kier molecular flexibility index (Phi) is 5.20. The van der Waals surface area contributed by atoms with Crippen LogP contribution in [0.2, 0.25) is 0 Å². The Labute approximate surface area is 164 Å². The average molecular weight is 378 g/mol. The monoisotopic (exact) mass is 378 g/mol. The number of hydrogen-bond donors (Lipinski definition) is 3. The Balaban J connectivity index is 1.44. The van der Waals surface area contributed by atoms with Gasteiger partial charge in [-0.25, -0.2) is 0 Å². The number of carbonyl (C=O) groups is 2. The molecule has 2 aromatic carbocycles. The number of hydrogen-bond acceptors (Lipinski definition) is 5. The number of amides is 1. The van der Waals surface area contributed by atoms with Crippen molar-refractivity contribution in [1.82, 2.24) is 10.6 Å². The number of carbonyl (C=O) groups excluding carboxylic acids is 2. The fourth-order valence-corrected chi connectivity index (χ4v) is 3.91. The van der Waals surface area contributed by atoms with Crippen molar-refractivity contribution in [3.8, 4) is 5.75 Å². The predicted octanol–water partition coefficient (Wildman–Crippen LogP) is 1.22. The van der Waals surface area contributed by atoms with Gasteiger partial charge in [0, 0.05) is 6.54 Å². The molecule has 0 aromatic heterocycles. The molecule has 1 amide bonds. The zero-order chi connectivity index (χ0) is 19.7. The molecule has 0 saturated carbocycles. The van der Waals surface area contributed by atoms with Crippen LogP contribution >= 0.6 is 0 Å². The minimum atomic E-state index is -1.19. The van der Waals surface area contributed by atoms with E-state index in [-0.39, 0.29) is 18.1 Å². The lowest BCUT2D eigenvalue weighted by atomic mass is 9.72. The summed E-state index contributed by atoms with van der Waals surface area (Å²) in [6, 6.07) is 11.5. The smallest absolute Gasteiger partial charge is 0.534 e. The largest absolute Gasteiger partial charge is 0.547 e. The van der Waals surface area contributed by atoms with Gasteiger partial charge in [-0.2, -0.15) is 0 Å². The third-order valence-electron chi connectivity index (χ3n) is 5.37. The maximum absolute atomic E-state index is 12.5. The fraction of sp³-hybridized carbons (Fsp3) is 0.333. The molecular formula is C21H23BN2O4. The topological polar surface area (TPSA) is 87.7 Å². The maximum atomic E-state index is 12.5. The molecule has 6 nitrogen and oxygen atoms in total. The van der Waals surface area contributed by atoms with Gasteiger partial charge >= 0.3 is 7.12 Å². The fourth-order valence-electron chi connectivity index (χ4n) is 3.91. The first-order chi connectivity index (χ1) is 13.5. The molecule has 0 aliphatic carbocycles. The second-order valence-electron chi connectivity index (χ2n) is 7.44. The SMILES string of the molecule is CC(=O)c1cccc2c1OB(O)[C@@H](NC(=O)Cc1ccc3c(c1)CNCC3)C2. The summed E-state index contributed by atoms with van der Waals surface area (Å²) in [6.45, 7) is 3.28. The number of ketones is 1. The Morgan fingerprint density at radius 3 is 2.93 bits per heavy atom. The highest BCUT2D eigenvalue weighted by Crippen LogP contribution is 2.30. The van der Waals surface area contributed by atoms with E-state index in [1.54, 1.807) is 12.1 Å². The molecule has 0 bridgehead atoms. The highest BCUT2D eigenvalue weighted by molar-refractivity contribution is 6.47. The van der Waals surface area contributed by atoms with Gasteiger partial charge in [-0.3, -0.25) is 9.59 Å². The van der Waals surface area contributed by atoms with E-state index in [0.717, 1.165) is 30.6 Å². The molecule has 2 aliphatic rings. The molecule has 28 heavy (non-hydrogen) atoms. The Bertz CT molecular complexity index is 931. The van der Waals surface area contributed by atoms with Gasteiger partial charge in [-0.1, -0.05) is 30.3 Å². The van der Waals surface area contributed by atoms with E-state index in [2.05, 4.69) is 22.8 Å². The van der Waals surface area contributed by atoms with Gasteiger partial charge in [0.05, 0.1) is 17.9 Å². The molecule has 0 saturated heterocycles. The average Bonchev–Trinajstić information content (AvgIpc) is 2.68. The molecule has 1 atom stereocenters. The van der Waals surface area contributed by atoms with Crippen LogP contribution in [0.1, 0.15) is 39.5 Å². The molecule has 4 rings (SSSR count). The second kappa shape index (κ2) is 7.77. The van der Waals surface area contributed by atoms with Crippen LogP contribution in [-0.2, 0) is 30.6 Å². The van der Waals surface area contributed by atoms with E-state index in [9.17, 15) is 14.6 Å². The van der Waals surface area contributed by atoms with E-state index in [1.807, 2.05) is 12.1 Å². The molecule has 0 radical (unpaired) electrons. The van der Waals surface area contributed by atoms with Crippen LogP contribution < -0.4 is 15.3 Å². The third kappa shape index (κ3) is 3.81. The molecule has 0 spiro atoms. The van der Waals surface area contributed by atoms with Gasteiger partial charge in [0.15, 0.2) is 5.78 Å². The molecule has 2 heterocycles. The highest BCUT2D eigenvalue weighted by Gasteiger charge is 2.37. The van der Waals surface area contributed by atoms with Gasteiger partial charge in [0.2, 0.25) is 5.91 Å². The number of Topliss-reactive ketones (excluding diaryl/α,β-unsaturated/α-hetero) is 1. The zero-order valence-electron chi connectivity index (χ0n) is 15.8. The van der Waals surface area contributed by atoms with Crippen LogP contribution in [0, 0.1) is 0 Å². The zero-order valence-corrected chi connectivity index (χ0v) is 15.8. The Hall–Kier alpha value is -2.64. The van der Waals surface area contributed by atoms with Crippen molar-refractivity contribution in [2.75, 3.05) is 6.54 Å². The van der Waals surface area contributed by atoms with Crippen LogP contribution in [0.15, 0.2) is 36.4 Å². The van der Waals surface area contributed by atoms with Gasteiger partial charge in [0.25, 0.3) is 0 Å². The molecule has 0 fully saturated rings. The molecule has 7 heteroatoms. The van der Waals surface area contributed by atoms with Gasteiger partial charge in [-0.05, 0) is 54.6 Å². The standard InChI is InChI=1S/C21H23BN2O4/c1-13(25)18-4-2-3-16-11-19(22(27)28-21(16)18)24-20(26)10-14-5-6-15-7-8-23-12-17(15)9-14/h2-6,9,19,23,27H,7-8,10-12H2,1H3,(H,24,26)/t19-/m0/s1. The van der Waals surface area contributed by atoms with E-state index in [4.69, 9.17) is 4.65 Å². The lowest BCUT2D eigenvalue weighted by molar-refractivity contribution is -0.120. The predicted molar refractivity (Wildman–Crippen MR) is 106 cm³/mol. The molecule has 0 unspecified atom stereocenters. The van der Waals surface area contributed by atoms with Crippen molar-refractivity contribution < 1.29 is 19.3 Å². The van der Waals surface area contributed by atoms with Crippen LogP contribution in [0.3, 0.4) is 0 Å². The van der Waals surface area contributed by atoms with E-state index in [1.165, 1.54) is 18.1 Å². The van der Waals surface area contributed by atoms with Crippen molar-refractivity contribution in [3.63, 3.8) is 0 Å². The summed E-state index contributed by atoms with van der Waals surface area (Å²) in [6.07, 6.45) is 1.67. The van der Waals surface area contributed by atoms with Crippen molar-refractivity contribution >= 4 is 18.8 Å². The van der Waals surface area contributed by atoms with Crippen LogP contribution in [0.4, 0.5) is 0 Å². The normalized spacial score (nSPS) is 17.9. The molecule has 2 aromatic rings. The lowest BCUT2D eigenvalue weighted by Gasteiger charge is -2.29. The summed E-state index contributed by atoms with van der Waals surface area (Å²) >= 11 is 0. The van der Waals surface area contributed by atoms with Crippen molar-refractivity contribution in [1.29, 1.82) is 0 Å². The van der Waals surface area contributed by atoms with Gasteiger partial charge in [-0.15, -0.1) is 0 Å². The van der Waals surface area contributed by atoms with E-state index >= 15 is 0 Å². The van der Waals surface area contributed by atoms with E-state index < -0.39 is 13.1 Å². The summed E-state index contributed by atoms with van der Waals surface area (Å²) < 4.78 is 5.57. The molecule has 3 N–H and O–H groups in total. The quantitative estimate of drug-likeness (QED) is 0.550. The van der Waals surface area contributed by atoms with Gasteiger partial charge < -0.3 is 20.3 Å². The number of nitrogens with one attached hydrogen (secondary N) is 2. The van der Waals surface area contributed by atoms with Gasteiger partial charge in [0.1, 0.15) is 5.75 Å². The van der Waals surface area contributed by atoms with Crippen LogP contribution in [0.5, 0.6) is 5.75 Å². The lowest BCUT2D eigenvalue weighted by Crippen LogP contribution is -2.53. The van der Waals surface area contributed by atoms with Crippen LogP contribution in [0.25, 0.3) is 0 Å². The summed E-state index contributed by atoms with van der Waals surface area (Å²) in [5, 5.41) is 16.6. The molecule has 2 aliphatic heterocycles. The summed E-state index contributed by atoms with van der Waals surface area (Å²) in [5.74, 6) is -0.423. The second-order valence-corrected chi connectivity index (χ2v) is 7.44. The first-order valence-electron chi connectivity index (χ1n) is 9.59. The number of fused-ring (bicyclic) bond motifs is 2. The third-order valence-corrected chi connectivity index (χ3v) is 5.37. The summed E-state index contributed by atoms with van der Waals surface area (Å²) in [5.41, 5.74) is 4.78. The van der Waals surface area contributed by atoms with Crippen LogP contribution in [-0.4, -0.2) is 36.3 Å². The Morgan fingerprint density at radius 2 is 2.11 bits per heavy atom.